The number of aryl methyl sites for hydroxylation is 1. The molecule has 1 unspecified atom stereocenters. The summed E-state index contributed by atoms with van der Waals surface area (Å²) in [5.41, 5.74) is 12.6. The maximum Gasteiger partial charge on any atom is 0.0620 e. The van der Waals surface area contributed by atoms with Gasteiger partial charge in [0.2, 0.25) is 0 Å². The molecule has 0 amide bonds. The Kier molecular flexibility index (Phi) is 11.7. The molecule has 1 atom stereocenters. The van der Waals surface area contributed by atoms with E-state index in [1.165, 1.54) is 124 Å². The van der Waals surface area contributed by atoms with Gasteiger partial charge in [-0.1, -0.05) is 159 Å². The number of anilines is 6. The Morgan fingerprint density at radius 2 is 1.03 bits per heavy atom. The van der Waals surface area contributed by atoms with Crippen LogP contribution in [0.25, 0.3) is 21.5 Å². The summed E-state index contributed by atoms with van der Waals surface area (Å²) in [6, 6.07) is 55.6. The van der Waals surface area contributed by atoms with Crippen LogP contribution in [0.3, 0.4) is 0 Å². The number of hydrogen-bond acceptors (Lipinski definition) is 2. The predicted molar refractivity (Wildman–Crippen MR) is 253 cm³/mol. The molecular weight excluding hydrogens is 701 g/mol. The van der Waals surface area contributed by atoms with Gasteiger partial charge in [-0.15, -0.1) is 0 Å². The quantitative estimate of drug-likeness (QED) is 0.0736. The molecule has 58 heavy (non-hydrogen) atoms. The van der Waals surface area contributed by atoms with Crippen LogP contribution in [-0.4, -0.2) is 0 Å². The number of nitrogens with zero attached hydrogens (tertiary/aromatic N) is 2. The monoisotopic (exact) mass is 762 g/mol. The lowest BCUT2D eigenvalue weighted by molar-refractivity contribution is 0.591. The molecule has 7 aromatic carbocycles. The first-order valence-corrected chi connectivity index (χ1v) is 22.2. The second kappa shape index (κ2) is 17.3. The molecule has 0 bridgehead atoms. The van der Waals surface area contributed by atoms with E-state index >= 15 is 0 Å². The predicted octanol–water partition coefficient (Wildman–Crippen LogP) is 17.1. The molecule has 1 fully saturated rings. The van der Waals surface area contributed by atoms with Crippen LogP contribution in [0.4, 0.5) is 34.1 Å². The SMILES string of the molecule is CCCC(C)c1ccc(N(c2ccccc2)c2c3ccc(CC)cc3c(N(c3ccccc3)c3ccc(C4CCCCCC4)cc3)c3ccc(C(C)(C)C)cc23)cc1. The molecule has 7 aromatic rings. The first-order chi connectivity index (χ1) is 28.2. The second-order valence-corrected chi connectivity index (χ2v) is 17.8. The van der Waals surface area contributed by atoms with Crippen molar-refractivity contribution in [2.24, 2.45) is 0 Å². The number of para-hydroxylation sites is 2. The molecule has 8 rings (SSSR count). The highest BCUT2D eigenvalue weighted by Gasteiger charge is 2.27. The van der Waals surface area contributed by atoms with Gasteiger partial charge in [0.1, 0.15) is 0 Å². The molecule has 1 aliphatic rings. The molecule has 0 aliphatic heterocycles. The van der Waals surface area contributed by atoms with Gasteiger partial charge in [0.15, 0.2) is 0 Å². The van der Waals surface area contributed by atoms with E-state index in [0.29, 0.717) is 11.8 Å². The van der Waals surface area contributed by atoms with E-state index in [2.05, 4.69) is 197 Å². The smallest absolute Gasteiger partial charge is 0.0620 e. The zero-order chi connectivity index (χ0) is 40.2. The number of benzene rings is 7. The fourth-order valence-corrected chi connectivity index (χ4v) is 9.43. The molecular formula is C56H62N2. The lowest BCUT2D eigenvalue weighted by atomic mass is 9.84. The lowest BCUT2D eigenvalue weighted by Crippen LogP contribution is -2.16. The molecule has 1 aliphatic carbocycles. The van der Waals surface area contributed by atoms with Gasteiger partial charge in [-0.3, -0.25) is 0 Å². The Morgan fingerprint density at radius 3 is 1.55 bits per heavy atom. The molecule has 2 nitrogen and oxygen atoms in total. The van der Waals surface area contributed by atoms with Gasteiger partial charge in [-0.2, -0.15) is 0 Å². The third kappa shape index (κ3) is 8.04. The largest absolute Gasteiger partial charge is 0.309 e. The summed E-state index contributed by atoms with van der Waals surface area (Å²) in [6.45, 7) is 13.9. The Balaban J connectivity index is 1.44. The maximum atomic E-state index is 2.54. The number of rotatable bonds is 11. The highest BCUT2D eigenvalue weighted by molar-refractivity contribution is 6.23. The number of fused-ring (bicyclic) bond motifs is 2. The molecule has 1 saturated carbocycles. The molecule has 296 valence electrons. The Hall–Kier alpha value is -5.34. The second-order valence-electron chi connectivity index (χ2n) is 17.8. The molecule has 0 aromatic heterocycles. The average Bonchev–Trinajstić information content (AvgIpc) is 3.55. The van der Waals surface area contributed by atoms with Crippen molar-refractivity contribution in [2.45, 2.75) is 117 Å². The van der Waals surface area contributed by atoms with E-state index < -0.39 is 0 Å². The van der Waals surface area contributed by atoms with Gasteiger partial charge < -0.3 is 9.80 Å². The van der Waals surface area contributed by atoms with Gasteiger partial charge in [0.25, 0.3) is 0 Å². The van der Waals surface area contributed by atoms with Gasteiger partial charge in [0.05, 0.1) is 11.4 Å². The van der Waals surface area contributed by atoms with Crippen LogP contribution in [0.15, 0.2) is 146 Å². The van der Waals surface area contributed by atoms with Crippen molar-refractivity contribution in [3.8, 4) is 0 Å². The van der Waals surface area contributed by atoms with Gasteiger partial charge >= 0.3 is 0 Å². The highest BCUT2D eigenvalue weighted by atomic mass is 15.2. The van der Waals surface area contributed by atoms with Crippen molar-refractivity contribution in [3.63, 3.8) is 0 Å². The fourth-order valence-electron chi connectivity index (χ4n) is 9.43. The summed E-state index contributed by atoms with van der Waals surface area (Å²) in [5, 5.41) is 5.00. The third-order valence-corrected chi connectivity index (χ3v) is 12.8. The summed E-state index contributed by atoms with van der Waals surface area (Å²) in [6.07, 6.45) is 11.4. The van der Waals surface area contributed by atoms with E-state index in [4.69, 9.17) is 0 Å². The molecule has 2 heteroatoms. The minimum atomic E-state index is -0.0335. The summed E-state index contributed by atoms with van der Waals surface area (Å²) in [4.78, 5) is 5.06. The fraction of sp³-hybridized carbons (Fsp3) is 0.321. The topological polar surface area (TPSA) is 6.48 Å². The van der Waals surface area contributed by atoms with E-state index in [0.717, 1.165) is 12.1 Å². The van der Waals surface area contributed by atoms with E-state index in [-0.39, 0.29) is 5.41 Å². The van der Waals surface area contributed by atoms with Crippen LogP contribution in [0.2, 0.25) is 0 Å². The van der Waals surface area contributed by atoms with Gasteiger partial charge in [0, 0.05) is 44.3 Å². The van der Waals surface area contributed by atoms with E-state index in [1.54, 1.807) is 0 Å². The van der Waals surface area contributed by atoms with Crippen molar-refractivity contribution < 1.29 is 0 Å². The molecule has 0 spiro atoms. The normalized spacial score (nSPS) is 14.4. The van der Waals surface area contributed by atoms with Crippen LogP contribution in [0.5, 0.6) is 0 Å². The van der Waals surface area contributed by atoms with E-state index in [1.807, 2.05) is 0 Å². The molecule has 0 radical (unpaired) electrons. The zero-order valence-electron chi connectivity index (χ0n) is 35.8. The summed E-state index contributed by atoms with van der Waals surface area (Å²) < 4.78 is 0. The van der Waals surface area contributed by atoms with Crippen molar-refractivity contribution in [2.75, 3.05) is 9.80 Å². The Morgan fingerprint density at radius 1 is 0.534 bits per heavy atom. The van der Waals surface area contributed by atoms with Crippen LogP contribution in [0.1, 0.15) is 127 Å². The first-order valence-electron chi connectivity index (χ1n) is 22.2. The lowest BCUT2D eigenvalue weighted by Gasteiger charge is -2.34. The van der Waals surface area contributed by atoms with Gasteiger partial charge in [-0.25, -0.2) is 0 Å². The highest BCUT2D eigenvalue weighted by Crippen LogP contribution is 2.52. The zero-order valence-corrected chi connectivity index (χ0v) is 35.8. The number of hydrogen-bond donors (Lipinski definition) is 0. The molecule has 0 N–H and O–H groups in total. The minimum absolute atomic E-state index is 0.0335. The van der Waals surface area contributed by atoms with E-state index in [9.17, 15) is 0 Å². The van der Waals surface area contributed by atoms with Crippen LogP contribution in [0, 0.1) is 0 Å². The Labute approximate surface area is 348 Å². The summed E-state index contributed by atoms with van der Waals surface area (Å²) in [7, 11) is 0. The standard InChI is InChI=1S/C56H62N2/c1-7-19-40(3)42-27-32-48(33-28-42)58(47-24-17-12-18-25-47)55-50-36-26-41(8-2)38-52(50)54(51-37-31-45(39-53(51)55)56(4,5)6)57(46-22-15-11-16-23-46)49-34-29-44(30-35-49)43-20-13-9-10-14-21-43/h11-12,15-18,22-40,43H,7-10,13-14,19-21H2,1-6H3. The van der Waals surface area contributed by atoms with Gasteiger partial charge in [-0.05, 0) is 126 Å². The molecule has 0 saturated heterocycles. The summed E-state index contributed by atoms with van der Waals surface area (Å²) in [5.74, 6) is 1.18. The van der Waals surface area contributed by atoms with Crippen LogP contribution in [-0.2, 0) is 11.8 Å². The van der Waals surface area contributed by atoms with Crippen molar-refractivity contribution in [1.29, 1.82) is 0 Å². The van der Waals surface area contributed by atoms with Crippen molar-refractivity contribution >= 4 is 55.7 Å². The summed E-state index contributed by atoms with van der Waals surface area (Å²) >= 11 is 0. The maximum absolute atomic E-state index is 2.54. The van der Waals surface area contributed by atoms with Crippen LogP contribution >= 0.6 is 0 Å². The minimum Gasteiger partial charge on any atom is -0.309 e. The third-order valence-electron chi connectivity index (χ3n) is 12.8. The average molecular weight is 763 g/mol. The van der Waals surface area contributed by atoms with Crippen molar-refractivity contribution in [3.05, 3.63) is 168 Å². The first kappa shape index (κ1) is 39.5. The van der Waals surface area contributed by atoms with Crippen molar-refractivity contribution in [1.82, 2.24) is 0 Å². The molecule has 0 heterocycles. The van der Waals surface area contributed by atoms with Crippen LogP contribution < -0.4 is 9.80 Å². The Bertz CT molecular complexity index is 2430.